The smallest absolute Gasteiger partial charge is 0.272 e. The van der Waals surface area contributed by atoms with Gasteiger partial charge in [-0.25, -0.2) is 4.68 Å². The van der Waals surface area contributed by atoms with Gasteiger partial charge in [0.15, 0.2) is 17.2 Å². The molecule has 7 nitrogen and oxygen atoms in total. The van der Waals surface area contributed by atoms with Crippen LogP contribution < -0.4 is 14.8 Å². The molecule has 0 atom stereocenters. The molecule has 2 aromatic carbocycles. The molecule has 2 heterocycles. The molecule has 0 aliphatic carbocycles. The van der Waals surface area contributed by atoms with Crippen LogP contribution >= 0.6 is 0 Å². The highest BCUT2D eigenvalue weighted by Gasteiger charge is 2.20. The summed E-state index contributed by atoms with van der Waals surface area (Å²) in [7, 11) is 3.21. The molecule has 1 aliphatic heterocycles. The second-order valence-corrected chi connectivity index (χ2v) is 8.25. The highest BCUT2D eigenvalue weighted by atomic mass is 16.5. The minimum Gasteiger partial charge on any atom is -0.493 e. The van der Waals surface area contributed by atoms with Crippen molar-refractivity contribution in [2.75, 3.05) is 40.4 Å². The molecule has 3 aromatic rings. The van der Waals surface area contributed by atoms with Gasteiger partial charge in [0.1, 0.15) is 0 Å². The second kappa shape index (κ2) is 11.0. The van der Waals surface area contributed by atoms with E-state index in [1.54, 1.807) is 18.9 Å². The highest BCUT2D eigenvalue weighted by molar-refractivity contribution is 5.99. The zero-order chi connectivity index (χ0) is 23.0. The van der Waals surface area contributed by atoms with E-state index in [0.29, 0.717) is 23.7 Å². The van der Waals surface area contributed by atoms with Crippen molar-refractivity contribution in [3.05, 3.63) is 60.4 Å². The minimum absolute atomic E-state index is 0.173. The number of amides is 1. The van der Waals surface area contributed by atoms with E-state index in [4.69, 9.17) is 9.47 Å². The summed E-state index contributed by atoms with van der Waals surface area (Å²) in [6.45, 7) is 3.97. The van der Waals surface area contributed by atoms with Crippen LogP contribution in [-0.2, 0) is 0 Å². The molecule has 4 rings (SSSR count). The van der Waals surface area contributed by atoms with Crippen molar-refractivity contribution in [1.29, 1.82) is 0 Å². The standard InChI is InChI=1S/C26H32N4O3/c1-32-23-13-12-20(18-24(23)33-2)22-19-30(21-10-5-3-6-11-21)28-25(22)26(31)27-14-9-17-29-15-7-4-8-16-29/h3,5-6,10-13,18-19H,4,7-9,14-17H2,1-2H3,(H,27,31). The van der Waals surface area contributed by atoms with Gasteiger partial charge in [0.05, 0.1) is 19.9 Å². The topological polar surface area (TPSA) is 68.6 Å². The molecule has 0 unspecified atom stereocenters. The van der Waals surface area contributed by atoms with Crippen molar-refractivity contribution < 1.29 is 14.3 Å². The van der Waals surface area contributed by atoms with Crippen molar-refractivity contribution in [3.63, 3.8) is 0 Å². The van der Waals surface area contributed by atoms with Crippen molar-refractivity contribution in [1.82, 2.24) is 20.0 Å². The van der Waals surface area contributed by atoms with E-state index in [9.17, 15) is 4.79 Å². The summed E-state index contributed by atoms with van der Waals surface area (Å²) < 4.78 is 12.6. The first-order valence-corrected chi connectivity index (χ1v) is 11.6. The van der Waals surface area contributed by atoms with Crippen LogP contribution in [0.3, 0.4) is 0 Å². The molecule has 1 N–H and O–H groups in total. The van der Waals surface area contributed by atoms with Crippen molar-refractivity contribution in [2.45, 2.75) is 25.7 Å². The fourth-order valence-electron chi connectivity index (χ4n) is 4.24. The molecule has 174 valence electrons. The molecule has 33 heavy (non-hydrogen) atoms. The molecule has 1 amide bonds. The van der Waals surface area contributed by atoms with Crippen LogP contribution in [-0.4, -0.2) is 61.0 Å². The molecule has 0 saturated carbocycles. The quantitative estimate of drug-likeness (QED) is 0.498. The van der Waals surface area contributed by atoms with Gasteiger partial charge in [-0.1, -0.05) is 30.7 Å². The van der Waals surface area contributed by atoms with Gasteiger partial charge < -0.3 is 19.7 Å². The highest BCUT2D eigenvalue weighted by Crippen LogP contribution is 2.34. The molecule has 0 radical (unpaired) electrons. The SMILES string of the molecule is COc1ccc(-c2cn(-c3ccccc3)nc2C(=O)NCCCN2CCCCC2)cc1OC. The van der Waals surface area contributed by atoms with E-state index in [1.807, 2.05) is 54.7 Å². The summed E-state index contributed by atoms with van der Waals surface area (Å²) in [5.41, 5.74) is 2.87. The third-order valence-corrected chi connectivity index (χ3v) is 6.03. The number of carbonyl (C=O) groups is 1. The molecule has 1 aliphatic rings. The predicted octanol–water partition coefficient (Wildman–Crippen LogP) is 4.16. The lowest BCUT2D eigenvalue weighted by atomic mass is 10.1. The van der Waals surface area contributed by atoms with Crippen molar-refractivity contribution in [3.8, 4) is 28.3 Å². The largest absolute Gasteiger partial charge is 0.493 e. The van der Waals surface area contributed by atoms with Crippen LogP contribution in [0.4, 0.5) is 0 Å². The van der Waals surface area contributed by atoms with E-state index in [1.165, 1.54) is 32.4 Å². The second-order valence-electron chi connectivity index (χ2n) is 8.25. The van der Waals surface area contributed by atoms with E-state index in [0.717, 1.165) is 29.8 Å². The summed E-state index contributed by atoms with van der Waals surface area (Å²) in [6.07, 6.45) is 6.70. The number of benzene rings is 2. The fraction of sp³-hybridized carbons (Fsp3) is 0.385. The Labute approximate surface area is 195 Å². The van der Waals surface area contributed by atoms with E-state index >= 15 is 0 Å². The Morgan fingerprint density at radius 1 is 1.00 bits per heavy atom. The number of nitrogens with zero attached hydrogens (tertiary/aromatic N) is 3. The first-order valence-electron chi connectivity index (χ1n) is 11.6. The van der Waals surface area contributed by atoms with Crippen LogP contribution in [0, 0.1) is 0 Å². The molecule has 1 aromatic heterocycles. The maximum Gasteiger partial charge on any atom is 0.272 e. The monoisotopic (exact) mass is 448 g/mol. The van der Waals surface area contributed by atoms with Gasteiger partial charge in [0.2, 0.25) is 0 Å². The average molecular weight is 449 g/mol. The summed E-state index contributed by atoms with van der Waals surface area (Å²) in [5.74, 6) is 1.07. The lowest BCUT2D eigenvalue weighted by Crippen LogP contribution is -2.33. The average Bonchev–Trinajstić information content (AvgIpc) is 3.33. The van der Waals surface area contributed by atoms with Gasteiger partial charge in [-0.05, 0) is 68.7 Å². The first kappa shape index (κ1) is 22.9. The Morgan fingerprint density at radius 2 is 1.76 bits per heavy atom. The molecule has 0 spiro atoms. The van der Waals surface area contributed by atoms with Crippen LogP contribution in [0.15, 0.2) is 54.7 Å². The number of nitrogens with one attached hydrogen (secondary N) is 1. The normalized spacial score (nSPS) is 14.1. The lowest BCUT2D eigenvalue weighted by molar-refractivity contribution is 0.0946. The number of aromatic nitrogens is 2. The minimum atomic E-state index is -0.173. The fourth-order valence-corrected chi connectivity index (χ4v) is 4.24. The van der Waals surface area contributed by atoms with Gasteiger partial charge in [0.25, 0.3) is 5.91 Å². The van der Waals surface area contributed by atoms with Gasteiger partial charge in [-0.2, -0.15) is 5.10 Å². The Bertz CT molecular complexity index is 1060. The number of carbonyl (C=O) groups excluding carboxylic acids is 1. The molecule has 7 heteroatoms. The lowest BCUT2D eigenvalue weighted by Gasteiger charge is -2.26. The number of hydrogen-bond acceptors (Lipinski definition) is 5. The number of hydrogen-bond donors (Lipinski definition) is 1. The van der Waals surface area contributed by atoms with Crippen LogP contribution in [0.5, 0.6) is 11.5 Å². The number of ether oxygens (including phenoxy) is 2. The molecule has 0 bridgehead atoms. The number of rotatable bonds is 9. The van der Waals surface area contributed by atoms with E-state index in [-0.39, 0.29) is 5.91 Å². The molecule has 1 saturated heterocycles. The zero-order valence-electron chi connectivity index (χ0n) is 19.4. The van der Waals surface area contributed by atoms with Crippen LogP contribution in [0.25, 0.3) is 16.8 Å². The van der Waals surface area contributed by atoms with Crippen molar-refractivity contribution >= 4 is 5.91 Å². The van der Waals surface area contributed by atoms with E-state index in [2.05, 4.69) is 15.3 Å². The molecular weight excluding hydrogens is 416 g/mol. The Morgan fingerprint density at radius 3 is 2.48 bits per heavy atom. The first-order chi connectivity index (χ1) is 16.2. The number of piperidine rings is 1. The van der Waals surface area contributed by atoms with Crippen LogP contribution in [0.1, 0.15) is 36.2 Å². The van der Waals surface area contributed by atoms with Gasteiger partial charge >= 0.3 is 0 Å². The third kappa shape index (κ3) is 5.54. The Kier molecular flexibility index (Phi) is 7.62. The summed E-state index contributed by atoms with van der Waals surface area (Å²) in [6, 6.07) is 15.4. The Balaban J connectivity index is 1.55. The van der Waals surface area contributed by atoms with E-state index < -0.39 is 0 Å². The number of para-hydroxylation sites is 1. The summed E-state index contributed by atoms with van der Waals surface area (Å²) in [5, 5.41) is 7.71. The predicted molar refractivity (Wildman–Crippen MR) is 129 cm³/mol. The summed E-state index contributed by atoms with van der Waals surface area (Å²) >= 11 is 0. The zero-order valence-corrected chi connectivity index (χ0v) is 19.4. The van der Waals surface area contributed by atoms with Crippen LogP contribution in [0.2, 0.25) is 0 Å². The maximum absolute atomic E-state index is 13.2. The van der Waals surface area contributed by atoms with Crippen molar-refractivity contribution in [2.24, 2.45) is 0 Å². The molecular formula is C26H32N4O3. The van der Waals surface area contributed by atoms with Gasteiger partial charge in [-0.15, -0.1) is 0 Å². The number of likely N-dealkylation sites (tertiary alicyclic amines) is 1. The Hall–Kier alpha value is -3.32. The maximum atomic E-state index is 13.2. The summed E-state index contributed by atoms with van der Waals surface area (Å²) in [4.78, 5) is 15.6. The molecule has 1 fully saturated rings. The third-order valence-electron chi connectivity index (χ3n) is 6.03. The van der Waals surface area contributed by atoms with Gasteiger partial charge in [-0.3, -0.25) is 4.79 Å². The van der Waals surface area contributed by atoms with Gasteiger partial charge in [0, 0.05) is 18.3 Å². The number of methoxy groups -OCH3 is 2.